The van der Waals surface area contributed by atoms with Crippen LogP contribution in [-0.4, -0.2) is 41.8 Å². The molecule has 1 atom stereocenters. The maximum Gasteiger partial charge on any atom is 0.149 e. The Labute approximate surface area is 113 Å². The Kier molecular flexibility index (Phi) is 5.02. The van der Waals surface area contributed by atoms with Crippen LogP contribution in [-0.2, 0) is 9.84 Å². The van der Waals surface area contributed by atoms with Crippen molar-refractivity contribution in [2.24, 2.45) is 5.73 Å². The first-order valence-electron chi connectivity index (χ1n) is 5.55. The Morgan fingerprint density at radius 3 is 1.89 bits per heavy atom. The fourth-order valence-corrected chi connectivity index (χ4v) is 2.63. The average Bonchev–Trinajstić information content (AvgIpc) is 2.34. The number of nitrogens with two attached hydrogens (primary N) is 1. The van der Waals surface area contributed by atoms with E-state index in [2.05, 4.69) is 0 Å². The Hall–Kier alpha value is -1.47. The van der Waals surface area contributed by atoms with Gasteiger partial charge in [-0.15, -0.1) is 0 Å². The monoisotopic (exact) mass is 289 g/mol. The lowest BCUT2D eigenvalue weighted by molar-refractivity contribution is 0.365. The van der Waals surface area contributed by atoms with Crippen molar-refractivity contribution in [2.45, 2.75) is 6.04 Å². The fraction of sp³-hybridized carbons (Fsp3) is 0.500. The Morgan fingerprint density at radius 2 is 1.58 bits per heavy atom. The second-order valence-electron chi connectivity index (χ2n) is 4.14. The summed E-state index contributed by atoms with van der Waals surface area (Å²) in [5.41, 5.74) is 6.46. The molecular weight excluding hydrogens is 270 g/mol. The van der Waals surface area contributed by atoms with Crippen molar-refractivity contribution < 1.29 is 22.6 Å². The highest BCUT2D eigenvalue weighted by Crippen LogP contribution is 2.37. The van der Waals surface area contributed by atoms with Crippen LogP contribution in [0.1, 0.15) is 11.6 Å². The molecule has 1 aromatic rings. The molecule has 0 bridgehead atoms. The summed E-state index contributed by atoms with van der Waals surface area (Å²) < 4.78 is 38.3. The van der Waals surface area contributed by atoms with Crippen LogP contribution < -0.4 is 19.9 Å². The van der Waals surface area contributed by atoms with Gasteiger partial charge in [-0.1, -0.05) is 0 Å². The van der Waals surface area contributed by atoms with Crippen molar-refractivity contribution in [1.82, 2.24) is 0 Å². The van der Waals surface area contributed by atoms with Crippen LogP contribution in [0.25, 0.3) is 0 Å². The van der Waals surface area contributed by atoms with E-state index in [1.165, 1.54) is 21.3 Å². The Bertz CT molecular complexity index is 516. The summed E-state index contributed by atoms with van der Waals surface area (Å²) in [7, 11) is 1.27. The molecule has 0 aliphatic rings. The maximum atomic E-state index is 11.4. The zero-order valence-corrected chi connectivity index (χ0v) is 12.3. The third kappa shape index (κ3) is 4.00. The molecule has 108 valence electrons. The van der Waals surface area contributed by atoms with E-state index in [-0.39, 0.29) is 5.75 Å². The van der Waals surface area contributed by atoms with Gasteiger partial charge in [0, 0.05) is 18.4 Å². The number of ether oxygens (including phenoxy) is 3. The predicted molar refractivity (Wildman–Crippen MR) is 72.7 cm³/mol. The fourth-order valence-electron chi connectivity index (χ4n) is 1.81. The largest absolute Gasteiger partial charge is 0.496 e. The molecule has 1 aromatic carbocycles. The molecule has 0 fully saturated rings. The van der Waals surface area contributed by atoms with Gasteiger partial charge in [0.2, 0.25) is 0 Å². The normalized spacial score (nSPS) is 12.9. The van der Waals surface area contributed by atoms with Crippen LogP contribution in [0, 0.1) is 0 Å². The summed E-state index contributed by atoms with van der Waals surface area (Å²) >= 11 is 0. The topological polar surface area (TPSA) is 87.9 Å². The van der Waals surface area contributed by atoms with E-state index in [0.29, 0.717) is 22.8 Å². The van der Waals surface area contributed by atoms with Gasteiger partial charge in [-0.3, -0.25) is 0 Å². The second kappa shape index (κ2) is 6.12. The molecule has 0 aromatic heterocycles. The zero-order chi connectivity index (χ0) is 14.6. The molecule has 0 spiro atoms. The first kappa shape index (κ1) is 15.6. The van der Waals surface area contributed by atoms with Gasteiger partial charge < -0.3 is 19.9 Å². The summed E-state index contributed by atoms with van der Waals surface area (Å²) in [6.45, 7) is 0. The number of hydrogen-bond donors (Lipinski definition) is 1. The Balaban J connectivity index is 3.31. The lowest BCUT2D eigenvalue weighted by Crippen LogP contribution is -2.22. The third-order valence-corrected chi connectivity index (χ3v) is 3.57. The number of hydrogen-bond acceptors (Lipinski definition) is 6. The molecule has 0 radical (unpaired) electrons. The van der Waals surface area contributed by atoms with Gasteiger partial charge >= 0.3 is 0 Å². The van der Waals surface area contributed by atoms with Crippen molar-refractivity contribution in [2.75, 3.05) is 33.3 Å². The van der Waals surface area contributed by atoms with Crippen LogP contribution in [0.3, 0.4) is 0 Å². The molecule has 1 unspecified atom stereocenters. The quantitative estimate of drug-likeness (QED) is 0.831. The van der Waals surface area contributed by atoms with Crippen LogP contribution in [0.4, 0.5) is 0 Å². The second-order valence-corrected chi connectivity index (χ2v) is 6.33. The van der Waals surface area contributed by atoms with E-state index in [1.807, 2.05) is 0 Å². The number of sulfone groups is 1. The third-order valence-electron chi connectivity index (χ3n) is 2.61. The van der Waals surface area contributed by atoms with Crippen molar-refractivity contribution >= 4 is 9.84 Å². The zero-order valence-electron chi connectivity index (χ0n) is 11.5. The van der Waals surface area contributed by atoms with E-state index in [4.69, 9.17) is 19.9 Å². The van der Waals surface area contributed by atoms with Gasteiger partial charge in [-0.25, -0.2) is 8.42 Å². The van der Waals surface area contributed by atoms with Crippen molar-refractivity contribution in [3.63, 3.8) is 0 Å². The molecule has 0 saturated heterocycles. The highest BCUT2D eigenvalue weighted by Gasteiger charge is 2.22. The summed E-state index contributed by atoms with van der Waals surface area (Å²) in [5.74, 6) is 1.23. The molecule has 0 saturated carbocycles. The van der Waals surface area contributed by atoms with E-state index < -0.39 is 15.9 Å². The molecule has 2 N–H and O–H groups in total. The molecule has 1 rings (SSSR count). The number of benzene rings is 1. The van der Waals surface area contributed by atoms with Crippen LogP contribution >= 0.6 is 0 Å². The van der Waals surface area contributed by atoms with E-state index in [1.54, 1.807) is 12.1 Å². The molecular formula is C12H19NO5S. The first-order chi connectivity index (χ1) is 8.82. The summed E-state index contributed by atoms with van der Waals surface area (Å²) in [5, 5.41) is 0. The van der Waals surface area contributed by atoms with Gasteiger partial charge in [0.1, 0.15) is 27.1 Å². The minimum atomic E-state index is -3.20. The molecule has 7 heteroatoms. The van der Waals surface area contributed by atoms with Gasteiger partial charge in [-0.05, 0) is 0 Å². The first-order valence-corrected chi connectivity index (χ1v) is 7.61. The van der Waals surface area contributed by atoms with Crippen LogP contribution in [0.5, 0.6) is 17.2 Å². The Morgan fingerprint density at radius 1 is 1.11 bits per heavy atom. The molecule has 0 aliphatic carbocycles. The molecule has 0 aliphatic heterocycles. The van der Waals surface area contributed by atoms with Crippen molar-refractivity contribution in [3.8, 4) is 17.2 Å². The predicted octanol–water partition coefficient (Wildman–Crippen LogP) is 0.757. The highest BCUT2D eigenvalue weighted by molar-refractivity contribution is 7.90. The van der Waals surface area contributed by atoms with Gasteiger partial charge in [-0.2, -0.15) is 0 Å². The minimum absolute atomic E-state index is 0.188. The smallest absolute Gasteiger partial charge is 0.149 e. The molecule has 0 heterocycles. The number of rotatable bonds is 6. The summed E-state index contributed by atoms with van der Waals surface area (Å²) in [6, 6.07) is 2.55. The number of methoxy groups -OCH3 is 3. The van der Waals surface area contributed by atoms with Gasteiger partial charge in [0.25, 0.3) is 0 Å². The molecule has 19 heavy (non-hydrogen) atoms. The van der Waals surface area contributed by atoms with Gasteiger partial charge in [0.15, 0.2) is 0 Å². The summed E-state index contributed by atoms with van der Waals surface area (Å²) in [4.78, 5) is 0. The molecule has 0 amide bonds. The summed E-state index contributed by atoms with van der Waals surface area (Å²) in [6.07, 6.45) is 1.13. The minimum Gasteiger partial charge on any atom is -0.496 e. The van der Waals surface area contributed by atoms with E-state index in [9.17, 15) is 8.42 Å². The van der Waals surface area contributed by atoms with E-state index in [0.717, 1.165) is 6.26 Å². The highest BCUT2D eigenvalue weighted by atomic mass is 32.2. The van der Waals surface area contributed by atoms with Gasteiger partial charge in [0.05, 0.1) is 38.7 Å². The van der Waals surface area contributed by atoms with Crippen LogP contribution in [0.2, 0.25) is 0 Å². The standard InChI is InChI=1S/C12H19NO5S/c1-16-8-5-10(17-2)12(11(6-8)18-3)9(13)7-19(4,14)15/h5-6,9H,7,13H2,1-4H3. The maximum absolute atomic E-state index is 11.4. The molecule has 6 nitrogen and oxygen atoms in total. The SMILES string of the molecule is COc1cc(OC)c(C(N)CS(C)(=O)=O)c(OC)c1. The van der Waals surface area contributed by atoms with Crippen molar-refractivity contribution in [1.29, 1.82) is 0 Å². The van der Waals surface area contributed by atoms with E-state index >= 15 is 0 Å². The lowest BCUT2D eigenvalue weighted by Gasteiger charge is -2.19. The van der Waals surface area contributed by atoms with Crippen molar-refractivity contribution in [3.05, 3.63) is 17.7 Å². The lowest BCUT2D eigenvalue weighted by atomic mass is 10.1. The van der Waals surface area contributed by atoms with Crippen LogP contribution in [0.15, 0.2) is 12.1 Å². The average molecular weight is 289 g/mol.